The monoisotopic (exact) mass is 381 g/mol. The summed E-state index contributed by atoms with van der Waals surface area (Å²) in [5.41, 5.74) is 2.11. The summed E-state index contributed by atoms with van der Waals surface area (Å²) in [6, 6.07) is 14.3. The first-order valence-corrected chi connectivity index (χ1v) is 9.11. The number of hydrogen-bond acceptors (Lipinski definition) is 4. The van der Waals surface area contributed by atoms with Gasteiger partial charge in [0.25, 0.3) is 0 Å². The summed E-state index contributed by atoms with van der Waals surface area (Å²) in [6.45, 7) is 1.82. The molecule has 0 bridgehead atoms. The van der Waals surface area contributed by atoms with Gasteiger partial charge in [0.05, 0.1) is 24.5 Å². The summed E-state index contributed by atoms with van der Waals surface area (Å²) in [4.78, 5) is 38.2. The number of benzene rings is 2. The second kappa shape index (κ2) is 8.56. The third-order valence-corrected chi connectivity index (χ3v) is 4.62. The molecule has 7 heteroatoms. The van der Waals surface area contributed by atoms with Gasteiger partial charge in [0.2, 0.25) is 17.7 Å². The average molecular weight is 381 g/mol. The second-order valence-corrected chi connectivity index (χ2v) is 6.58. The van der Waals surface area contributed by atoms with Crippen LogP contribution < -0.4 is 20.3 Å². The van der Waals surface area contributed by atoms with Gasteiger partial charge in [-0.3, -0.25) is 14.4 Å². The van der Waals surface area contributed by atoms with Crippen molar-refractivity contribution in [1.82, 2.24) is 5.32 Å². The molecule has 0 spiro atoms. The normalized spacial score (nSPS) is 13.9. The standard InChI is InChI=1S/C21H23N3O4/c1-14(15-7-3-6-10-18(15)28-2)22-19(25)11-12-21(27)24-13-20(26)23-16-8-4-5-9-17(16)24/h3-10,14H,11-13H2,1-2H3,(H,22,25)(H,23,26)/t14-/m0/s1. The number of carbonyl (C=O) groups is 3. The van der Waals surface area contributed by atoms with Gasteiger partial charge in [-0.2, -0.15) is 0 Å². The van der Waals surface area contributed by atoms with Crippen LogP contribution >= 0.6 is 0 Å². The number of fused-ring (bicyclic) bond motifs is 1. The lowest BCUT2D eigenvalue weighted by atomic mass is 10.1. The maximum absolute atomic E-state index is 12.6. The molecule has 0 saturated heterocycles. The minimum atomic E-state index is -0.262. The van der Waals surface area contributed by atoms with Gasteiger partial charge in [-0.1, -0.05) is 30.3 Å². The van der Waals surface area contributed by atoms with E-state index >= 15 is 0 Å². The number of nitrogens with one attached hydrogen (secondary N) is 2. The molecule has 1 aliphatic rings. The van der Waals surface area contributed by atoms with Crippen molar-refractivity contribution in [3.05, 3.63) is 54.1 Å². The van der Waals surface area contributed by atoms with E-state index in [0.29, 0.717) is 17.1 Å². The molecule has 1 atom stereocenters. The Balaban J connectivity index is 1.59. The Labute approximate surface area is 163 Å². The number of ether oxygens (including phenoxy) is 1. The molecular weight excluding hydrogens is 358 g/mol. The van der Waals surface area contributed by atoms with Gasteiger partial charge in [-0.15, -0.1) is 0 Å². The predicted octanol–water partition coefficient (Wildman–Crippen LogP) is 2.64. The molecule has 1 heterocycles. The molecule has 146 valence electrons. The zero-order valence-electron chi connectivity index (χ0n) is 15.9. The molecule has 7 nitrogen and oxygen atoms in total. The molecule has 2 aromatic carbocycles. The molecule has 0 radical (unpaired) electrons. The number of para-hydroxylation sites is 3. The van der Waals surface area contributed by atoms with Crippen molar-refractivity contribution >= 4 is 29.1 Å². The fourth-order valence-electron chi connectivity index (χ4n) is 3.23. The molecule has 3 rings (SSSR count). The van der Waals surface area contributed by atoms with Crippen LogP contribution in [0.4, 0.5) is 11.4 Å². The van der Waals surface area contributed by atoms with Crippen molar-refractivity contribution in [3.63, 3.8) is 0 Å². The van der Waals surface area contributed by atoms with E-state index in [4.69, 9.17) is 4.74 Å². The lowest BCUT2D eigenvalue weighted by Crippen LogP contribution is -2.42. The highest BCUT2D eigenvalue weighted by atomic mass is 16.5. The van der Waals surface area contributed by atoms with E-state index in [2.05, 4.69) is 10.6 Å². The second-order valence-electron chi connectivity index (χ2n) is 6.58. The highest BCUT2D eigenvalue weighted by Crippen LogP contribution is 2.29. The van der Waals surface area contributed by atoms with Crippen molar-refractivity contribution in [2.75, 3.05) is 23.9 Å². The van der Waals surface area contributed by atoms with Crippen LogP contribution in [0.5, 0.6) is 5.75 Å². The molecule has 1 aliphatic heterocycles. The molecule has 0 saturated carbocycles. The van der Waals surface area contributed by atoms with Gasteiger partial charge in [0.15, 0.2) is 0 Å². The molecule has 0 aliphatic carbocycles. The van der Waals surface area contributed by atoms with Gasteiger partial charge >= 0.3 is 0 Å². The van der Waals surface area contributed by atoms with Crippen LogP contribution in [0.2, 0.25) is 0 Å². The van der Waals surface area contributed by atoms with Crippen LogP contribution in [0.15, 0.2) is 48.5 Å². The summed E-state index contributed by atoms with van der Waals surface area (Å²) in [5, 5.41) is 5.63. The fourth-order valence-corrected chi connectivity index (χ4v) is 3.23. The van der Waals surface area contributed by atoms with Crippen molar-refractivity contribution in [2.45, 2.75) is 25.8 Å². The summed E-state index contributed by atoms with van der Waals surface area (Å²) < 4.78 is 5.32. The van der Waals surface area contributed by atoms with Gasteiger partial charge in [0, 0.05) is 18.4 Å². The zero-order chi connectivity index (χ0) is 20.1. The smallest absolute Gasteiger partial charge is 0.244 e. The maximum Gasteiger partial charge on any atom is 0.244 e. The van der Waals surface area contributed by atoms with E-state index in [1.165, 1.54) is 4.90 Å². The SMILES string of the molecule is COc1ccccc1[C@H](C)NC(=O)CCC(=O)N1CC(=O)Nc2ccccc21. The minimum absolute atomic E-state index is 0.0199. The first-order chi connectivity index (χ1) is 13.5. The van der Waals surface area contributed by atoms with Crippen LogP contribution in [0, 0.1) is 0 Å². The summed E-state index contributed by atoms with van der Waals surface area (Å²) in [6.07, 6.45) is 0.0602. The average Bonchev–Trinajstić information content (AvgIpc) is 2.71. The first kappa shape index (κ1) is 19.4. The lowest BCUT2D eigenvalue weighted by molar-refractivity contribution is -0.126. The number of rotatable bonds is 6. The third kappa shape index (κ3) is 4.31. The molecule has 2 N–H and O–H groups in total. The molecular formula is C21H23N3O4. The number of carbonyl (C=O) groups excluding carboxylic acids is 3. The van der Waals surface area contributed by atoms with Gasteiger partial charge < -0.3 is 20.3 Å². The van der Waals surface area contributed by atoms with Crippen molar-refractivity contribution in [3.8, 4) is 5.75 Å². The highest BCUT2D eigenvalue weighted by Gasteiger charge is 2.26. The maximum atomic E-state index is 12.6. The van der Waals surface area contributed by atoms with Gasteiger partial charge in [-0.05, 0) is 25.1 Å². The Morgan fingerprint density at radius 1 is 1.14 bits per heavy atom. The van der Waals surface area contributed by atoms with E-state index in [-0.39, 0.29) is 43.1 Å². The Morgan fingerprint density at radius 3 is 2.64 bits per heavy atom. The third-order valence-electron chi connectivity index (χ3n) is 4.62. The molecule has 0 aromatic heterocycles. The minimum Gasteiger partial charge on any atom is -0.496 e. The van der Waals surface area contributed by atoms with Gasteiger partial charge in [0.1, 0.15) is 12.3 Å². The van der Waals surface area contributed by atoms with Crippen LogP contribution in [-0.4, -0.2) is 31.4 Å². The Bertz CT molecular complexity index is 897. The largest absolute Gasteiger partial charge is 0.496 e. The number of amides is 3. The van der Waals surface area contributed by atoms with E-state index in [0.717, 1.165) is 5.56 Å². The van der Waals surface area contributed by atoms with E-state index in [9.17, 15) is 14.4 Å². The van der Waals surface area contributed by atoms with Crippen LogP contribution in [0.3, 0.4) is 0 Å². The quantitative estimate of drug-likeness (QED) is 0.805. The fraction of sp³-hybridized carbons (Fsp3) is 0.286. The van der Waals surface area contributed by atoms with Crippen LogP contribution in [0.1, 0.15) is 31.4 Å². The van der Waals surface area contributed by atoms with E-state index in [1.807, 2.05) is 31.2 Å². The summed E-state index contributed by atoms with van der Waals surface area (Å²) >= 11 is 0. The van der Waals surface area contributed by atoms with E-state index < -0.39 is 0 Å². The first-order valence-electron chi connectivity index (χ1n) is 9.11. The molecule has 3 amide bonds. The van der Waals surface area contributed by atoms with E-state index in [1.54, 1.807) is 31.4 Å². The van der Waals surface area contributed by atoms with Gasteiger partial charge in [-0.25, -0.2) is 0 Å². The van der Waals surface area contributed by atoms with Crippen molar-refractivity contribution < 1.29 is 19.1 Å². The number of methoxy groups -OCH3 is 1. The molecule has 2 aromatic rings. The van der Waals surface area contributed by atoms with Crippen LogP contribution in [0.25, 0.3) is 0 Å². The molecule has 28 heavy (non-hydrogen) atoms. The lowest BCUT2D eigenvalue weighted by Gasteiger charge is -2.29. The Hall–Kier alpha value is -3.35. The molecule has 0 fully saturated rings. The predicted molar refractivity (Wildman–Crippen MR) is 106 cm³/mol. The Morgan fingerprint density at radius 2 is 1.86 bits per heavy atom. The van der Waals surface area contributed by atoms with Crippen molar-refractivity contribution in [2.24, 2.45) is 0 Å². The topological polar surface area (TPSA) is 87.7 Å². The van der Waals surface area contributed by atoms with Crippen LogP contribution in [-0.2, 0) is 14.4 Å². The summed E-state index contributed by atoms with van der Waals surface area (Å²) in [7, 11) is 1.58. The number of anilines is 2. The van der Waals surface area contributed by atoms with Crippen molar-refractivity contribution in [1.29, 1.82) is 0 Å². The molecule has 0 unspecified atom stereocenters. The number of nitrogens with zero attached hydrogens (tertiary/aromatic N) is 1. The summed E-state index contributed by atoms with van der Waals surface area (Å²) in [5.74, 6) is -0.0486. The highest BCUT2D eigenvalue weighted by molar-refractivity contribution is 6.10. The zero-order valence-corrected chi connectivity index (χ0v) is 15.9. The Kier molecular flexibility index (Phi) is 5.93. The number of hydrogen-bond donors (Lipinski definition) is 2.